The average molecular weight is 694 g/mol. The highest BCUT2D eigenvalue weighted by atomic mass is 79.9. The third-order valence-electron chi connectivity index (χ3n) is 6.67. The lowest BCUT2D eigenvalue weighted by Gasteiger charge is -2.12. The summed E-state index contributed by atoms with van der Waals surface area (Å²) < 4.78 is 19.0. The summed E-state index contributed by atoms with van der Waals surface area (Å²) in [4.78, 5) is 29.9. The molecule has 0 N–H and O–H groups in total. The van der Waals surface area contributed by atoms with Crippen molar-refractivity contribution in [3.8, 4) is 23.1 Å². The fourth-order valence-corrected chi connectivity index (χ4v) is 5.54. The molecule has 6 rings (SSSR count). The second-order valence-corrected chi connectivity index (χ2v) is 11.2. The van der Waals surface area contributed by atoms with E-state index in [-0.39, 0.29) is 35.2 Å². The van der Waals surface area contributed by atoms with Crippen molar-refractivity contribution in [3.63, 3.8) is 0 Å². The van der Waals surface area contributed by atoms with Gasteiger partial charge < -0.3 is 13.9 Å². The number of ether oxygens (including phenoxy) is 2. The number of hydrogen-bond donors (Lipinski definition) is 0. The zero-order chi connectivity index (χ0) is 31.0. The van der Waals surface area contributed by atoms with Gasteiger partial charge in [-0.05, 0) is 48.5 Å². The van der Waals surface area contributed by atoms with Gasteiger partial charge in [-0.1, -0.05) is 63.4 Å². The third-order valence-corrected chi connectivity index (χ3v) is 7.72. The van der Waals surface area contributed by atoms with Crippen LogP contribution in [-0.4, -0.2) is 27.9 Å². The monoisotopic (exact) mass is 692 g/mol. The molecule has 2 heterocycles. The molecule has 0 radical (unpaired) electrons. The summed E-state index contributed by atoms with van der Waals surface area (Å²) in [5.74, 6) is 0.881. The Morgan fingerprint density at radius 1 is 1.07 bits per heavy atom. The Morgan fingerprint density at radius 3 is 2.66 bits per heavy atom. The molecule has 0 saturated heterocycles. The van der Waals surface area contributed by atoms with Crippen molar-refractivity contribution in [1.82, 2.24) is 9.66 Å². The number of nitro benzene ring substituents is 1. The number of fused-ring (bicyclic) bond motifs is 2. The molecule has 0 unspecified atom stereocenters. The van der Waals surface area contributed by atoms with E-state index < -0.39 is 10.5 Å². The molecule has 0 fully saturated rings. The van der Waals surface area contributed by atoms with Crippen LogP contribution in [0.25, 0.3) is 33.5 Å². The zero-order valence-corrected chi connectivity index (χ0v) is 25.8. The number of benzene rings is 4. The summed E-state index contributed by atoms with van der Waals surface area (Å²) in [6.45, 7) is -0.0944. The van der Waals surface area contributed by atoms with E-state index in [1.54, 1.807) is 79.9 Å². The maximum atomic E-state index is 13.8. The van der Waals surface area contributed by atoms with Crippen LogP contribution in [0.15, 0.2) is 97.6 Å². The van der Waals surface area contributed by atoms with Gasteiger partial charge in [-0.25, -0.2) is 4.98 Å². The number of aromatic nitrogens is 2. The summed E-state index contributed by atoms with van der Waals surface area (Å²) in [6.07, 6.45) is 1.29. The number of halogens is 3. The fraction of sp³-hybridized carbons (Fsp3) is 0.0645. The summed E-state index contributed by atoms with van der Waals surface area (Å²) >= 11 is 15.6. The van der Waals surface area contributed by atoms with Gasteiger partial charge in [0.05, 0.1) is 34.5 Å². The first-order chi connectivity index (χ1) is 21.2. The normalized spacial score (nSPS) is 11.5. The highest BCUT2D eigenvalue weighted by molar-refractivity contribution is 9.10. The predicted molar refractivity (Wildman–Crippen MR) is 172 cm³/mol. The molecule has 0 spiro atoms. The molecule has 0 aliphatic carbocycles. The van der Waals surface area contributed by atoms with E-state index in [1.165, 1.54) is 12.3 Å². The minimum atomic E-state index is -0.572. The standard InChI is InChI=1S/C31H19BrCl2N4O6/c1-42-26-7-4-8-27-22(26)14-28(44-27)30-36-24-6-3-2-5-21(24)31(39)37(30)35-15-18-11-19(32)12-25(38(40)41)29(18)43-16-17-9-10-20(33)13-23(17)34/h2-15H,16H2,1H3. The lowest BCUT2D eigenvalue weighted by Crippen LogP contribution is -2.20. The van der Waals surface area contributed by atoms with Crippen molar-refractivity contribution >= 4 is 72.9 Å². The molecule has 0 bridgehead atoms. The predicted octanol–water partition coefficient (Wildman–Crippen LogP) is 8.26. The Morgan fingerprint density at radius 2 is 1.89 bits per heavy atom. The molecular weight excluding hydrogens is 675 g/mol. The van der Waals surface area contributed by atoms with Gasteiger partial charge in [-0.3, -0.25) is 14.9 Å². The van der Waals surface area contributed by atoms with Gasteiger partial charge in [0.2, 0.25) is 11.6 Å². The summed E-state index contributed by atoms with van der Waals surface area (Å²) in [5.41, 5.74) is 0.945. The van der Waals surface area contributed by atoms with Crippen LogP contribution >= 0.6 is 39.1 Å². The van der Waals surface area contributed by atoms with Gasteiger partial charge in [0, 0.05) is 31.7 Å². The zero-order valence-electron chi connectivity index (χ0n) is 22.7. The van der Waals surface area contributed by atoms with Gasteiger partial charge in [-0.2, -0.15) is 9.78 Å². The molecule has 0 aliphatic rings. The summed E-state index contributed by atoms with van der Waals surface area (Å²) in [7, 11) is 1.55. The van der Waals surface area contributed by atoms with E-state index in [0.29, 0.717) is 47.7 Å². The van der Waals surface area contributed by atoms with E-state index >= 15 is 0 Å². The maximum Gasteiger partial charge on any atom is 0.312 e. The third kappa shape index (κ3) is 5.64. The Labute approximate surface area is 267 Å². The first kappa shape index (κ1) is 29.4. The Kier molecular flexibility index (Phi) is 8.09. The molecule has 220 valence electrons. The lowest BCUT2D eigenvalue weighted by molar-refractivity contribution is -0.386. The Bertz CT molecular complexity index is 2180. The van der Waals surface area contributed by atoms with E-state index in [4.69, 9.17) is 37.1 Å². The molecule has 4 aromatic carbocycles. The minimum Gasteiger partial charge on any atom is -0.496 e. The molecule has 0 atom stereocenters. The van der Waals surface area contributed by atoms with Crippen molar-refractivity contribution in [3.05, 3.63) is 125 Å². The topological polar surface area (TPSA) is 122 Å². The lowest BCUT2D eigenvalue weighted by atomic mass is 10.2. The van der Waals surface area contributed by atoms with Gasteiger partial charge in [-0.15, -0.1) is 0 Å². The van der Waals surface area contributed by atoms with E-state index in [0.717, 1.165) is 4.68 Å². The largest absolute Gasteiger partial charge is 0.496 e. The van der Waals surface area contributed by atoms with Crippen LogP contribution in [0.5, 0.6) is 11.5 Å². The number of nitrogens with zero attached hydrogens (tertiary/aromatic N) is 4. The molecule has 0 saturated carbocycles. The molecule has 6 aromatic rings. The van der Waals surface area contributed by atoms with Crippen LogP contribution in [0.4, 0.5) is 5.69 Å². The minimum absolute atomic E-state index is 0.0789. The van der Waals surface area contributed by atoms with E-state index in [1.807, 2.05) is 0 Å². The van der Waals surface area contributed by atoms with Crippen molar-refractivity contribution in [2.24, 2.45) is 5.10 Å². The van der Waals surface area contributed by atoms with Crippen LogP contribution in [0.3, 0.4) is 0 Å². The number of para-hydroxylation sites is 1. The van der Waals surface area contributed by atoms with Gasteiger partial charge >= 0.3 is 5.69 Å². The Hall–Kier alpha value is -4.71. The SMILES string of the molecule is COc1cccc2oc(-c3nc4ccccc4c(=O)n3N=Cc3cc(Br)cc([N+](=O)[O-])c3OCc3ccc(Cl)cc3Cl)cc12. The molecule has 44 heavy (non-hydrogen) atoms. The van der Waals surface area contributed by atoms with Crippen molar-refractivity contribution in [1.29, 1.82) is 0 Å². The summed E-state index contributed by atoms with van der Waals surface area (Å²) in [6, 6.07) is 21.6. The molecule has 2 aromatic heterocycles. The van der Waals surface area contributed by atoms with Crippen LogP contribution in [0.2, 0.25) is 10.0 Å². The van der Waals surface area contributed by atoms with Gasteiger partial charge in [0.15, 0.2) is 5.76 Å². The first-order valence-electron chi connectivity index (χ1n) is 12.9. The highest BCUT2D eigenvalue weighted by Gasteiger charge is 2.22. The van der Waals surface area contributed by atoms with Crippen molar-refractivity contribution in [2.75, 3.05) is 7.11 Å². The van der Waals surface area contributed by atoms with Crippen LogP contribution < -0.4 is 15.0 Å². The van der Waals surface area contributed by atoms with Gasteiger partial charge in [0.25, 0.3) is 5.56 Å². The molecule has 0 aliphatic heterocycles. The van der Waals surface area contributed by atoms with Crippen LogP contribution in [0.1, 0.15) is 11.1 Å². The smallest absolute Gasteiger partial charge is 0.312 e. The molecule has 13 heteroatoms. The average Bonchev–Trinajstić information content (AvgIpc) is 3.45. The highest BCUT2D eigenvalue weighted by Crippen LogP contribution is 2.36. The maximum absolute atomic E-state index is 13.8. The second-order valence-electron chi connectivity index (χ2n) is 9.42. The number of hydrogen-bond acceptors (Lipinski definition) is 8. The molecular formula is C31H19BrCl2N4O6. The van der Waals surface area contributed by atoms with E-state index in [2.05, 4.69) is 26.0 Å². The molecule has 10 nitrogen and oxygen atoms in total. The van der Waals surface area contributed by atoms with Crippen LogP contribution in [-0.2, 0) is 6.61 Å². The number of rotatable bonds is 8. The summed E-state index contributed by atoms with van der Waals surface area (Å²) in [5, 5.41) is 18.3. The van der Waals surface area contributed by atoms with E-state index in [9.17, 15) is 14.9 Å². The van der Waals surface area contributed by atoms with Crippen molar-refractivity contribution in [2.45, 2.75) is 6.61 Å². The number of methoxy groups -OCH3 is 1. The quantitative estimate of drug-likeness (QED) is 0.0894. The Balaban J connectivity index is 1.50. The number of nitro groups is 1. The second kappa shape index (κ2) is 12.1. The molecule has 0 amide bonds. The van der Waals surface area contributed by atoms with Gasteiger partial charge in [0.1, 0.15) is 17.9 Å². The van der Waals surface area contributed by atoms with Crippen molar-refractivity contribution < 1.29 is 18.8 Å². The van der Waals surface area contributed by atoms with Crippen LogP contribution in [0, 0.1) is 10.1 Å². The number of furan rings is 1. The first-order valence-corrected chi connectivity index (χ1v) is 14.5. The fourth-order valence-electron chi connectivity index (χ4n) is 4.61.